The Morgan fingerprint density at radius 3 is 2.21 bits per heavy atom. The summed E-state index contributed by atoms with van der Waals surface area (Å²) in [4.78, 5) is 4.87. The van der Waals surface area contributed by atoms with Crippen LogP contribution in [0.25, 0.3) is 0 Å². The molecule has 0 radical (unpaired) electrons. The third-order valence-electron chi connectivity index (χ3n) is 3.65. The molecular weight excluding hydrogens is 262 g/mol. The molecule has 1 rings (SSSR count). The van der Waals surface area contributed by atoms with E-state index in [0.717, 1.165) is 58.5 Å². The summed E-state index contributed by atoms with van der Waals surface area (Å²) >= 11 is 0. The summed E-state index contributed by atoms with van der Waals surface area (Å²) in [5.74, 6) is 0.263. The predicted molar refractivity (Wildman–Crippen MR) is 79.9 cm³/mol. The Hall–Kier alpha value is -0.170. The highest BCUT2D eigenvalue weighted by atomic mass is 32.2. The van der Waals surface area contributed by atoms with Gasteiger partial charge in [-0.25, -0.2) is 13.1 Å². The van der Waals surface area contributed by atoms with Gasteiger partial charge in [0.25, 0.3) is 0 Å². The van der Waals surface area contributed by atoms with Crippen molar-refractivity contribution >= 4 is 10.0 Å². The van der Waals surface area contributed by atoms with Gasteiger partial charge in [-0.1, -0.05) is 20.3 Å². The monoisotopic (exact) mass is 291 g/mol. The molecule has 0 aliphatic carbocycles. The van der Waals surface area contributed by atoms with Crippen molar-refractivity contribution in [3.05, 3.63) is 0 Å². The number of hydrogen-bond acceptors (Lipinski definition) is 4. The molecule has 1 aliphatic rings. The van der Waals surface area contributed by atoms with Crippen LogP contribution in [0.15, 0.2) is 0 Å². The molecule has 0 aromatic heterocycles. The average Bonchev–Trinajstić information content (AvgIpc) is 2.42. The maximum Gasteiger partial charge on any atom is 0.211 e. The second-order valence-electron chi connectivity index (χ2n) is 5.20. The molecule has 0 aromatic rings. The van der Waals surface area contributed by atoms with Crippen LogP contribution >= 0.6 is 0 Å². The van der Waals surface area contributed by atoms with Gasteiger partial charge in [-0.15, -0.1) is 0 Å². The van der Waals surface area contributed by atoms with Gasteiger partial charge in [-0.05, 0) is 25.9 Å². The largest absolute Gasteiger partial charge is 0.301 e. The van der Waals surface area contributed by atoms with Gasteiger partial charge < -0.3 is 9.80 Å². The summed E-state index contributed by atoms with van der Waals surface area (Å²) in [6.45, 7) is 11.4. The number of hydrogen-bond donors (Lipinski definition) is 1. The summed E-state index contributed by atoms with van der Waals surface area (Å²) in [5, 5.41) is 0. The molecule has 0 aromatic carbocycles. The van der Waals surface area contributed by atoms with Gasteiger partial charge in [-0.3, -0.25) is 0 Å². The van der Waals surface area contributed by atoms with E-state index < -0.39 is 10.0 Å². The molecule has 0 amide bonds. The van der Waals surface area contributed by atoms with E-state index in [1.807, 2.05) is 6.92 Å². The summed E-state index contributed by atoms with van der Waals surface area (Å²) in [5.41, 5.74) is 0. The van der Waals surface area contributed by atoms with Crippen molar-refractivity contribution in [1.82, 2.24) is 14.5 Å². The lowest BCUT2D eigenvalue weighted by Gasteiger charge is -2.33. The molecule has 6 heteroatoms. The summed E-state index contributed by atoms with van der Waals surface area (Å²) in [7, 11) is -3.04. The maximum absolute atomic E-state index is 11.6. The fraction of sp³-hybridized carbons (Fsp3) is 1.00. The van der Waals surface area contributed by atoms with Crippen LogP contribution in [0.1, 0.15) is 33.1 Å². The second-order valence-corrected chi connectivity index (χ2v) is 7.12. The number of sulfonamides is 1. The first-order valence-corrected chi connectivity index (χ1v) is 9.14. The maximum atomic E-state index is 11.6. The van der Waals surface area contributed by atoms with Crippen LogP contribution in [-0.2, 0) is 10.0 Å². The van der Waals surface area contributed by atoms with Crippen molar-refractivity contribution in [1.29, 1.82) is 0 Å². The molecule has 0 unspecified atom stereocenters. The molecule has 114 valence electrons. The smallest absolute Gasteiger partial charge is 0.211 e. The van der Waals surface area contributed by atoms with Gasteiger partial charge >= 0.3 is 0 Å². The van der Waals surface area contributed by atoms with Gasteiger partial charge in [0.1, 0.15) is 0 Å². The highest BCUT2D eigenvalue weighted by molar-refractivity contribution is 7.89. The van der Waals surface area contributed by atoms with Crippen LogP contribution in [0.5, 0.6) is 0 Å². The molecule has 1 fully saturated rings. The number of nitrogens with one attached hydrogen (secondary N) is 1. The Balaban J connectivity index is 2.08. The van der Waals surface area contributed by atoms with Crippen molar-refractivity contribution < 1.29 is 8.42 Å². The molecule has 0 bridgehead atoms. The highest BCUT2D eigenvalue weighted by Gasteiger charge is 2.15. The molecule has 0 atom stereocenters. The number of rotatable bonds is 9. The SMILES string of the molecule is CCCCS(=O)(=O)NCCCN1CCN(CC)CC1. The zero-order chi connectivity index (χ0) is 14.1. The Morgan fingerprint density at radius 1 is 1.00 bits per heavy atom. The van der Waals surface area contributed by atoms with E-state index in [2.05, 4.69) is 21.4 Å². The Morgan fingerprint density at radius 2 is 1.63 bits per heavy atom. The highest BCUT2D eigenvalue weighted by Crippen LogP contribution is 2.01. The van der Waals surface area contributed by atoms with Crippen LogP contribution in [-0.4, -0.2) is 69.8 Å². The number of likely N-dealkylation sites (N-methyl/N-ethyl adjacent to an activating group) is 1. The lowest BCUT2D eigenvalue weighted by Crippen LogP contribution is -2.46. The molecule has 5 nitrogen and oxygen atoms in total. The van der Waals surface area contributed by atoms with Crippen molar-refractivity contribution in [2.75, 3.05) is 51.6 Å². The van der Waals surface area contributed by atoms with E-state index in [4.69, 9.17) is 0 Å². The van der Waals surface area contributed by atoms with E-state index in [0.29, 0.717) is 6.54 Å². The zero-order valence-electron chi connectivity index (χ0n) is 12.4. The topological polar surface area (TPSA) is 52.7 Å². The van der Waals surface area contributed by atoms with Crippen LogP contribution in [0.2, 0.25) is 0 Å². The van der Waals surface area contributed by atoms with Crippen LogP contribution in [0, 0.1) is 0 Å². The molecule has 1 heterocycles. The van der Waals surface area contributed by atoms with E-state index in [1.54, 1.807) is 0 Å². The molecule has 0 saturated carbocycles. The molecule has 1 aliphatic heterocycles. The minimum absolute atomic E-state index is 0.263. The number of piperazine rings is 1. The van der Waals surface area contributed by atoms with Crippen molar-refractivity contribution in [3.63, 3.8) is 0 Å². The minimum Gasteiger partial charge on any atom is -0.301 e. The van der Waals surface area contributed by atoms with E-state index >= 15 is 0 Å². The molecule has 1 saturated heterocycles. The second kappa shape index (κ2) is 8.89. The lowest BCUT2D eigenvalue weighted by molar-refractivity contribution is 0.136. The fourth-order valence-electron chi connectivity index (χ4n) is 2.27. The molecule has 0 spiro atoms. The van der Waals surface area contributed by atoms with Crippen LogP contribution in [0.4, 0.5) is 0 Å². The summed E-state index contributed by atoms with van der Waals surface area (Å²) in [6.07, 6.45) is 2.56. The van der Waals surface area contributed by atoms with Gasteiger partial charge in [0.15, 0.2) is 0 Å². The standard InChI is InChI=1S/C13H29N3O2S/c1-3-5-13-19(17,18)14-7-6-8-16-11-9-15(4-2)10-12-16/h14H,3-13H2,1-2H3. The molecular formula is C13H29N3O2S. The van der Waals surface area contributed by atoms with Gasteiger partial charge in [0.05, 0.1) is 5.75 Å². The first-order valence-electron chi connectivity index (χ1n) is 7.49. The lowest BCUT2D eigenvalue weighted by atomic mass is 10.3. The average molecular weight is 291 g/mol. The fourth-order valence-corrected chi connectivity index (χ4v) is 3.53. The van der Waals surface area contributed by atoms with Crippen molar-refractivity contribution in [3.8, 4) is 0 Å². The first-order chi connectivity index (χ1) is 9.07. The van der Waals surface area contributed by atoms with Gasteiger partial charge in [0, 0.05) is 32.7 Å². The van der Waals surface area contributed by atoms with E-state index in [1.165, 1.54) is 0 Å². The Labute approximate surface area is 118 Å². The summed E-state index contributed by atoms with van der Waals surface area (Å²) in [6, 6.07) is 0. The first kappa shape index (κ1) is 16.9. The van der Waals surface area contributed by atoms with Gasteiger partial charge in [-0.2, -0.15) is 0 Å². The minimum atomic E-state index is -3.04. The Bertz CT molecular complexity index is 325. The van der Waals surface area contributed by atoms with Crippen molar-refractivity contribution in [2.45, 2.75) is 33.1 Å². The molecule has 19 heavy (non-hydrogen) atoms. The van der Waals surface area contributed by atoms with Crippen LogP contribution < -0.4 is 4.72 Å². The third-order valence-corrected chi connectivity index (χ3v) is 5.12. The Kier molecular flexibility index (Phi) is 7.90. The quantitative estimate of drug-likeness (QED) is 0.637. The third kappa shape index (κ3) is 7.25. The van der Waals surface area contributed by atoms with Gasteiger partial charge in [0.2, 0.25) is 10.0 Å². The molecule has 1 N–H and O–H groups in total. The number of unbranched alkanes of at least 4 members (excludes halogenated alkanes) is 1. The number of nitrogens with zero attached hydrogens (tertiary/aromatic N) is 2. The normalized spacial score (nSPS) is 18.8. The van der Waals surface area contributed by atoms with E-state index in [9.17, 15) is 8.42 Å². The van der Waals surface area contributed by atoms with E-state index in [-0.39, 0.29) is 5.75 Å². The zero-order valence-corrected chi connectivity index (χ0v) is 13.2. The summed E-state index contributed by atoms with van der Waals surface area (Å²) < 4.78 is 25.9. The van der Waals surface area contributed by atoms with Crippen LogP contribution in [0.3, 0.4) is 0 Å². The van der Waals surface area contributed by atoms with Crippen molar-refractivity contribution in [2.24, 2.45) is 0 Å². The predicted octanol–water partition coefficient (Wildman–Crippen LogP) is 0.734.